The second kappa shape index (κ2) is 6.41. The number of ether oxygens (including phenoxy) is 1. The van der Waals surface area contributed by atoms with Crippen LogP contribution in [0, 0.1) is 0 Å². The molecule has 24 heavy (non-hydrogen) atoms. The Morgan fingerprint density at radius 2 is 1.83 bits per heavy atom. The zero-order valence-corrected chi connectivity index (χ0v) is 12.9. The summed E-state index contributed by atoms with van der Waals surface area (Å²) >= 11 is 0. The van der Waals surface area contributed by atoms with Crippen molar-refractivity contribution in [2.45, 2.75) is 6.92 Å². The lowest BCUT2D eigenvalue weighted by atomic mass is 10.2. The minimum atomic E-state index is -0.582. The van der Waals surface area contributed by atoms with Crippen molar-refractivity contribution in [2.24, 2.45) is 0 Å². The number of imidazole rings is 1. The number of hydrogen-bond donors (Lipinski definition) is 2. The van der Waals surface area contributed by atoms with Crippen molar-refractivity contribution in [2.75, 3.05) is 11.9 Å². The summed E-state index contributed by atoms with van der Waals surface area (Å²) in [6.45, 7) is 2.02. The molecule has 0 saturated heterocycles. The van der Waals surface area contributed by atoms with Crippen molar-refractivity contribution in [3.63, 3.8) is 0 Å². The van der Waals surface area contributed by atoms with Gasteiger partial charge >= 0.3 is 17.7 Å². The highest BCUT2D eigenvalue weighted by molar-refractivity contribution is 5.97. The molecule has 1 aromatic heterocycles. The zero-order valence-electron chi connectivity index (χ0n) is 12.9. The first-order valence-corrected chi connectivity index (χ1v) is 7.38. The van der Waals surface area contributed by atoms with Gasteiger partial charge in [-0.25, -0.2) is 19.0 Å². The summed E-state index contributed by atoms with van der Waals surface area (Å²) in [7, 11) is 0. The zero-order chi connectivity index (χ0) is 17.1. The largest absolute Gasteiger partial charge is 0.462 e. The van der Waals surface area contributed by atoms with E-state index in [1.807, 2.05) is 0 Å². The molecule has 0 aliphatic rings. The van der Waals surface area contributed by atoms with E-state index in [-0.39, 0.29) is 0 Å². The highest BCUT2D eigenvalue weighted by Gasteiger charge is 2.14. The van der Waals surface area contributed by atoms with Crippen LogP contribution in [0.25, 0.3) is 11.0 Å². The molecule has 2 N–H and O–H groups in total. The standard InChI is InChI=1S/C17H15N3O4/c1-2-24-15(21)11-7-9-12(10-8-11)18-16(22)20-14-6-4-3-5-13(14)19-17(20)23/h3-10H,2H2,1H3,(H,18,22)(H,19,23). The molecule has 0 saturated carbocycles. The third-order valence-electron chi connectivity index (χ3n) is 3.44. The Labute approximate surface area is 136 Å². The predicted molar refractivity (Wildman–Crippen MR) is 89.4 cm³/mol. The van der Waals surface area contributed by atoms with Gasteiger partial charge in [-0.05, 0) is 43.3 Å². The fraction of sp³-hybridized carbons (Fsp3) is 0.118. The quantitative estimate of drug-likeness (QED) is 0.724. The average Bonchev–Trinajstić information content (AvgIpc) is 2.91. The van der Waals surface area contributed by atoms with Crippen molar-refractivity contribution in [3.8, 4) is 0 Å². The summed E-state index contributed by atoms with van der Waals surface area (Å²) in [6, 6.07) is 12.6. The molecule has 122 valence electrons. The Kier molecular flexibility index (Phi) is 4.15. The van der Waals surface area contributed by atoms with E-state index in [4.69, 9.17) is 4.74 Å². The van der Waals surface area contributed by atoms with E-state index in [2.05, 4.69) is 10.3 Å². The first-order chi connectivity index (χ1) is 11.6. The van der Waals surface area contributed by atoms with E-state index in [0.29, 0.717) is 28.9 Å². The van der Waals surface area contributed by atoms with Gasteiger partial charge in [0, 0.05) is 5.69 Å². The molecule has 0 unspecified atom stereocenters. The number of carbonyl (C=O) groups excluding carboxylic acids is 2. The number of nitrogens with one attached hydrogen (secondary N) is 2. The third kappa shape index (κ3) is 2.91. The van der Waals surface area contributed by atoms with Crippen LogP contribution in [0.5, 0.6) is 0 Å². The first kappa shape index (κ1) is 15.5. The SMILES string of the molecule is CCOC(=O)c1ccc(NC(=O)n2c(=O)[nH]c3ccccc32)cc1. The van der Waals surface area contributed by atoms with Gasteiger partial charge in [0.05, 0.1) is 23.2 Å². The van der Waals surface area contributed by atoms with Gasteiger partial charge in [-0.2, -0.15) is 0 Å². The third-order valence-corrected chi connectivity index (χ3v) is 3.44. The minimum absolute atomic E-state index is 0.292. The Bertz CT molecular complexity index is 954. The van der Waals surface area contributed by atoms with Crippen LogP contribution in [-0.2, 0) is 4.74 Å². The van der Waals surface area contributed by atoms with Crippen molar-refractivity contribution < 1.29 is 14.3 Å². The number of nitrogens with zero attached hydrogens (tertiary/aromatic N) is 1. The molecule has 3 rings (SSSR count). The highest BCUT2D eigenvalue weighted by Crippen LogP contribution is 2.13. The Morgan fingerprint density at radius 1 is 1.12 bits per heavy atom. The summed E-state index contributed by atoms with van der Waals surface area (Å²) in [5.41, 5.74) is 1.40. The maximum Gasteiger partial charge on any atom is 0.338 e. The van der Waals surface area contributed by atoms with E-state index in [0.717, 1.165) is 4.57 Å². The number of hydrogen-bond acceptors (Lipinski definition) is 4. The lowest BCUT2D eigenvalue weighted by Crippen LogP contribution is -2.29. The molecule has 1 heterocycles. The molecular weight excluding hydrogens is 310 g/mol. The fourth-order valence-corrected chi connectivity index (χ4v) is 2.34. The van der Waals surface area contributed by atoms with Crippen molar-refractivity contribution in [3.05, 3.63) is 64.6 Å². The summed E-state index contributed by atoms with van der Waals surface area (Å²) in [5.74, 6) is -0.428. The van der Waals surface area contributed by atoms with E-state index < -0.39 is 17.7 Å². The summed E-state index contributed by atoms with van der Waals surface area (Å²) in [6.07, 6.45) is 0. The highest BCUT2D eigenvalue weighted by atomic mass is 16.5. The molecule has 1 amide bonds. The van der Waals surface area contributed by atoms with Crippen LogP contribution in [0.3, 0.4) is 0 Å². The molecule has 0 spiro atoms. The lowest BCUT2D eigenvalue weighted by molar-refractivity contribution is 0.0526. The second-order valence-electron chi connectivity index (χ2n) is 5.01. The number of anilines is 1. The van der Waals surface area contributed by atoms with Crippen molar-refractivity contribution >= 4 is 28.7 Å². The average molecular weight is 325 g/mol. The van der Waals surface area contributed by atoms with E-state index in [1.54, 1.807) is 55.5 Å². The monoisotopic (exact) mass is 325 g/mol. The molecule has 2 aromatic carbocycles. The van der Waals surface area contributed by atoms with Crippen molar-refractivity contribution in [1.29, 1.82) is 0 Å². The molecule has 0 fully saturated rings. The number of benzene rings is 2. The van der Waals surface area contributed by atoms with Gasteiger partial charge in [0.15, 0.2) is 0 Å². The maximum atomic E-state index is 12.4. The van der Waals surface area contributed by atoms with Crippen molar-refractivity contribution in [1.82, 2.24) is 9.55 Å². The first-order valence-electron chi connectivity index (χ1n) is 7.38. The predicted octanol–water partition coefficient (Wildman–Crippen LogP) is 2.59. The van der Waals surface area contributed by atoms with Crippen LogP contribution >= 0.6 is 0 Å². The number of amides is 1. The van der Waals surface area contributed by atoms with Crippen LogP contribution in [0.1, 0.15) is 17.3 Å². The second-order valence-corrected chi connectivity index (χ2v) is 5.01. The Hall–Kier alpha value is -3.35. The molecule has 0 aliphatic carbocycles. The van der Waals surface area contributed by atoms with E-state index in [9.17, 15) is 14.4 Å². The number of fused-ring (bicyclic) bond motifs is 1. The molecular formula is C17H15N3O4. The normalized spacial score (nSPS) is 10.5. The van der Waals surface area contributed by atoms with Crippen LogP contribution in [0.4, 0.5) is 10.5 Å². The molecule has 7 nitrogen and oxygen atoms in total. The number of aromatic nitrogens is 2. The number of para-hydroxylation sites is 2. The van der Waals surface area contributed by atoms with Gasteiger partial charge in [0.25, 0.3) is 0 Å². The number of H-pyrrole nitrogens is 1. The van der Waals surface area contributed by atoms with Crippen LogP contribution in [-0.4, -0.2) is 28.2 Å². The van der Waals surface area contributed by atoms with Gasteiger partial charge in [0.2, 0.25) is 0 Å². The van der Waals surface area contributed by atoms with Gasteiger partial charge in [-0.3, -0.25) is 0 Å². The maximum absolute atomic E-state index is 12.4. The topological polar surface area (TPSA) is 93.2 Å². The lowest BCUT2D eigenvalue weighted by Gasteiger charge is -2.07. The molecule has 3 aromatic rings. The number of rotatable bonds is 3. The van der Waals surface area contributed by atoms with E-state index in [1.165, 1.54) is 0 Å². The molecule has 7 heteroatoms. The van der Waals surface area contributed by atoms with Gasteiger partial charge in [-0.15, -0.1) is 0 Å². The Morgan fingerprint density at radius 3 is 2.54 bits per heavy atom. The van der Waals surface area contributed by atoms with Gasteiger partial charge < -0.3 is 15.0 Å². The summed E-state index contributed by atoms with van der Waals surface area (Å²) in [5, 5.41) is 2.63. The molecule has 0 aliphatic heterocycles. The minimum Gasteiger partial charge on any atom is -0.462 e. The number of carbonyl (C=O) groups is 2. The van der Waals surface area contributed by atoms with Gasteiger partial charge in [0.1, 0.15) is 0 Å². The summed E-state index contributed by atoms with van der Waals surface area (Å²) < 4.78 is 5.92. The fourth-order valence-electron chi connectivity index (χ4n) is 2.34. The number of esters is 1. The summed E-state index contributed by atoms with van der Waals surface area (Å²) in [4.78, 5) is 38.6. The van der Waals surface area contributed by atoms with Crippen LogP contribution in [0.2, 0.25) is 0 Å². The number of aromatic amines is 1. The van der Waals surface area contributed by atoms with E-state index >= 15 is 0 Å². The Balaban J connectivity index is 1.83. The molecule has 0 atom stereocenters. The van der Waals surface area contributed by atoms with Crippen LogP contribution in [0.15, 0.2) is 53.3 Å². The van der Waals surface area contributed by atoms with Crippen LogP contribution < -0.4 is 11.0 Å². The van der Waals surface area contributed by atoms with Gasteiger partial charge in [-0.1, -0.05) is 12.1 Å². The smallest absolute Gasteiger partial charge is 0.338 e. The molecule has 0 radical (unpaired) electrons. The molecule has 0 bridgehead atoms.